The zero-order valence-corrected chi connectivity index (χ0v) is 26.4. The second-order valence-corrected chi connectivity index (χ2v) is 13.2. The maximum Gasteiger partial charge on any atom is 0.247 e. The van der Waals surface area contributed by atoms with Gasteiger partial charge in [0.05, 0.1) is 35.8 Å². The van der Waals surface area contributed by atoms with Gasteiger partial charge in [0.25, 0.3) is 0 Å². The number of anilines is 1. The molecule has 3 amide bonds. The predicted molar refractivity (Wildman–Crippen MR) is 169 cm³/mol. The molecular weight excluding hydrogens is 550 g/mol. The Morgan fingerprint density at radius 1 is 1.17 bits per heavy atom. The fourth-order valence-corrected chi connectivity index (χ4v) is 9.71. The van der Waals surface area contributed by atoms with Gasteiger partial charge in [0, 0.05) is 30.6 Å². The molecule has 1 N–H and O–H groups in total. The van der Waals surface area contributed by atoms with Crippen LogP contribution in [0.3, 0.4) is 0 Å². The Bertz CT molecular complexity index is 1150. The topological polar surface area (TPSA) is 90.4 Å². The van der Waals surface area contributed by atoms with Gasteiger partial charge in [-0.05, 0) is 56.4 Å². The Morgan fingerprint density at radius 3 is 2.43 bits per heavy atom. The minimum Gasteiger partial charge on any atom is -0.494 e. The number of hydrogen-bond donors (Lipinski definition) is 1. The van der Waals surface area contributed by atoms with Gasteiger partial charge in [-0.3, -0.25) is 14.4 Å². The van der Waals surface area contributed by atoms with E-state index < -0.39 is 28.7 Å². The molecule has 3 saturated heterocycles. The van der Waals surface area contributed by atoms with Crippen molar-refractivity contribution in [1.29, 1.82) is 0 Å². The Morgan fingerprint density at radius 2 is 1.86 bits per heavy atom. The van der Waals surface area contributed by atoms with Crippen molar-refractivity contribution in [1.82, 2.24) is 9.80 Å². The third kappa shape index (κ3) is 5.39. The molecule has 4 rings (SSSR count). The zero-order chi connectivity index (χ0) is 30.6. The van der Waals surface area contributed by atoms with E-state index in [0.29, 0.717) is 38.3 Å². The molecule has 0 aliphatic carbocycles. The van der Waals surface area contributed by atoms with E-state index in [1.807, 2.05) is 43.0 Å². The Balaban J connectivity index is 1.78. The molecule has 9 heteroatoms. The molecule has 230 valence electrons. The number of rotatable bonds is 15. The molecule has 1 aromatic carbocycles. The maximum atomic E-state index is 14.5. The Kier molecular flexibility index (Phi) is 10.5. The standard InChI is InChI=1S/C33H47N3O5S/c1-7-12-19-34(17-8-2)32(40)29-33-22(6)20-26(42-33)27(28(33)31(39)36(29)23(10-4)21-37)30(38)35(18-9-3)24-13-15-25(16-14-24)41-11-5/h8-9,13-16,22-23,26-29,37H,2-3,7,10-12,17-21H2,1,4-6H3/t22?,23-,26+,27-,28-,29?,33?/m0/s1. The number of aliphatic hydroxyl groups is 1. The number of fused-ring (bicyclic) bond motifs is 1. The Hall–Kier alpha value is -2.78. The lowest BCUT2D eigenvalue weighted by atomic mass is 9.65. The van der Waals surface area contributed by atoms with Crippen LogP contribution < -0.4 is 9.64 Å². The quantitative estimate of drug-likeness (QED) is 0.299. The van der Waals surface area contributed by atoms with Crippen molar-refractivity contribution in [3.63, 3.8) is 0 Å². The third-order valence-corrected chi connectivity index (χ3v) is 11.3. The van der Waals surface area contributed by atoms with Crippen LogP contribution in [-0.4, -0.2) is 87.6 Å². The summed E-state index contributed by atoms with van der Waals surface area (Å²) in [6, 6.07) is 6.16. The summed E-state index contributed by atoms with van der Waals surface area (Å²) in [6.07, 6.45) is 6.47. The van der Waals surface area contributed by atoms with Crippen molar-refractivity contribution in [2.24, 2.45) is 17.8 Å². The summed E-state index contributed by atoms with van der Waals surface area (Å²) in [5.74, 6) is -0.865. The van der Waals surface area contributed by atoms with Crippen LogP contribution in [-0.2, 0) is 14.4 Å². The number of carbonyl (C=O) groups is 3. The van der Waals surface area contributed by atoms with Crippen LogP contribution in [0.15, 0.2) is 49.6 Å². The van der Waals surface area contributed by atoms with Crippen molar-refractivity contribution >= 4 is 35.2 Å². The number of nitrogens with zero attached hydrogens (tertiary/aromatic N) is 3. The average molecular weight is 598 g/mol. The third-order valence-electron chi connectivity index (χ3n) is 9.26. The highest BCUT2D eigenvalue weighted by Crippen LogP contribution is 2.69. The number of thioether (sulfide) groups is 1. The summed E-state index contributed by atoms with van der Waals surface area (Å²) in [5, 5.41) is 10.3. The van der Waals surface area contributed by atoms with Gasteiger partial charge in [-0.25, -0.2) is 0 Å². The summed E-state index contributed by atoms with van der Waals surface area (Å²) < 4.78 is 4.85. The maximum absolute atomic E-state index is 14.5. The fraction of sp³-hybridized carbons (Fsp3) is 0.606. The molecule has 0 radical (unpaired) electrons. The first kappa shape index (κ1) is 32.1. The number of likely N-dealkylation sites (tertiary alicyclic amines) is 1. The predicted octanol–water partition coefficient (Wildman–Crippen LogP) is 4.53. The first-order chi connectivity index (χ1) is 20.2. The summed E-state index contributed by atoms with van der Waals surface area (Å²) in [6.45, 7) is 17.4. The van der Waals surface area contributed by atoms with E-state index >= 15 is 0 Å². The molecule has 2 bridgehead atoms. The molecule has 3 fully saturated rings. The van der Waals surface area contributed by atoms with Crippen molar-refractivity contribution < 1.29 is 24.2 Å². The molecule has 1 spiro atoms. The van der Waals surface area contributed by atoms with Crippen LogP contribution in [0.5, 0.6) is 5.75 Å². The number of aliphatic hydroxyl groups excluding tert-OH is 1. The van der Waals surface area contributed by atoms with Crippen LogP contribution in [0.2, 0.25) is 0 Å². The van der Waals surface area contributed by atoms with Gasteiger partial charge in [-0.15, -0.1) is 24.9 Å². The highest BCUT2D eigenvalue weighted by atomic mass is 32.2. The summed E-state index contributed by atoms with van der Waals surface area (Å²) in [7, 11) is 0. The van der Waals surface area contributed by atoms with E-state index in [0.717, 1.165) is 25.0 Å². The molecule has 7 atom stereocenters. The van der Waals surface area contributed by atoms with E-state index in [2.05, 4.69) is 27.0 Å². The smallest absolute Gasteiger partial charge is 0.247 e. The molecule has 8 nitrogen and oxygen atoms in total. The second-order valence-electron chi connectivity index (χ2n) is 11.6. The van der Waals surface area contributed by atoms with Gasteiger partial charge in [-0.2, -0.15) is 0 Å². The molecule has 0 saturated carbocycles. The van der Waals surface area contributed by atoms with Crippen LogP contribution in [0, 0.1) is 17.8 Å². The minimum atomic E-state index is -0.745. The molecule has 3 heterocycles. The van der Waals surface area contributed by atoms with Gasteiger partial charge in [-0.1, -0.05) is 39.3 Å². The van der Waals surface area contributed by atoms with E-state index in [1.54, 1.807) is 33.7 Å². The van der Waals surface area contributed by atoms with Gasteiger partial charge in [0.1, 0.15) is 11.8 Å². The lowest BCUT2D eigenvalue weighted by Gasteiger charge is -2.42. The number of unbranched alkanes of at least 4 members (excludes halogenated alkanes) is 1. The van der Waals surface area contributed by atoms with Gasteiger partial charge in [0.15, 0.2) is 0 Å². The first-order valence-electron chi connectivity index (χ1n) is 15.4. The highest BCUT2D eigenvalue weighted by Gasteiger charge is 2.77. The number of hydrogen-bond acceptors (Lipinski definition) is 6. The largest absolute Gasteiger partial charge is 0.494 e. The minimum absolute atomic E-state index is 0.0516. The summed E-state index contributed by atoms with van der Waals surface area (Å²) in [5.41, 5.74) is 0.715. The average Bonchev–Trinajstić information content (AvgIpc) is 3.58. The molecular formula is C33H47N3O5S. The van der Waals surface area contributed by atoms with Crippen molar-refractivity contribution in [3.8, 4) is 5.75 Å². The summed E-state index contributed by atoms with van der Waals surface area (Å²) in [4.78, 5) is 48.7. The molecule has 3 aliphatic heterocycles. The molecule has 3 unspecified atom stereocenters. The SMILES string of the molecule is C=CCN(CCCC)C(=O)C1N([C@@H](CC)CO)C(=O)[C@@H]2[C@@H](C(=O)N(CC=C)c3ccc(OCC)cc3)[C@H]3CC(C)C12S3. The van der Waals surface area contributed by atoms with Gasteiger partial charge >= 0.3 is 0 Å². The molecule has 3 aliphatic rings. The van der Waals surface area contributed by atoms with Gasteiger partial charge in [0.2, 0.25) is 17.7 Å². The zero-order valence-electron chi connectivity index (χ0n) is 25.5. The van der Waals surface area contributed by atoms with Crippen LogP contribution in [0.1, 0.15) is 53.4 Å². The number of ether oxygens (including phenoxy) is 1. The van der Waals surface area contributed by atoms with Crippen LogP contribution in [0.25, 0.3) is 0 Å². The number of amides is 3. The summed E-state index contributed by atoms with van der Waals surface area (Å²) >= 11 is 1.66. The molecule has 0 aromatic heterocycles. The Labute approximate surface area is 255 Å². The lowest BCUT2D eigenvalue weighted by Crippen LogP contribution is -2.59. The molecule has 1 aromatic rings. The number of benzene rings is 1. The van der Waals surface area contributed by atoms with Crippen molar-refractivity contribution in [2.75, 3.05) is 37.7 Å². The van der Waals surface area contributed by atoms with Crippen molar-refractivity contribution in [3.05, 3.63) is 49.6 Å². The van der Waals surface area contributed by atoms with Gasteiger partial charge < -0.3 is 24.5 Å². The van der Waals surface area contributed by atoms with E-state index in [9.17, 15) is 19.5 Å². The van der Waals surface area contributed by atoms with E-state index in [1.165, 1.54) is 0 Å². The van der Waals surface area contributed by atoms with Crippen LogP contribution in [0.4, 0.5) is 5.69 Å². The van der Waals surface area contributed by atoms with Crippen LogP contribution >= 0.6 is 11.8 Å². The van der Waals surface area contributed by atoms with E-state index in [-0.39, 0.29) is 35.5 Å². The monoisotopic (exact) mass is 597 g/mol. The number of carbonyl (C=O) groups excluding carboxylic acids is 3. The van der Waals surface area contributed by atoms with Crippen molar-refractivity contribution in [2.45, 2.75) is 75.5 Å². The molecule has 42 heavy (non-hydrogen) atoms. The lowest BCUT2D eigenvalue weighted by molar-refractivity contribution is -0.145. The highest BCUT2D eigenvalue weighted by molar-refractivity contribution is 8.02. The first-order valence-corrected chi connectivity index (χ1v) is 16.3. The second kappa shape index (κ2) is 13.7. The fourth-order valence-electron chi connectivity index (χ4n) is 7.32. The van der Waals surface area contributed by atoms with E-state index in [4.69, 9.17) is 4.74 Å². The normalized spacial score (nSPS) is 28.4.